The molecule has 0 saturated carbocycles. The second kappa shape index (κ2) is 9.50. The monoisotopic (exact) mass is 482 g/mol. The Morgan fingerprint density at radius 3 is 2.58 bits per heavy atom. The summed E-state index contributed by atoms with van der Waals surface area (Å²) in [5, 5.41) is 14.2. The maximum absolute atomic E-state index is 15.6. The van der Waals surface area contributed by atoms with Crippen molar-refractivity contribution in [1.82, 2.24) is 19.7 Å². The van der Waals surface area contributed by atoms with Crippen LogP contribution in [0.3, 0.4) is 0 Å². The molecule has 0 atom stereocenters. The Hall–Kier alpha value is -4.71. The van der Waals surface area contributed by atoms with E-state index < -0.39 is 5.82 Å². The van der Waals surface area contributed by atoms with Gasteiger partial charge in [0, 0.05) is 12.6 Å². The number of hydrogen-bond donors (Lipinski definition) is 0. The molecule has 5 aromatic rings. The van der Waals surface area contributed by atoms with Crippen LogP contribution in [0, 0.1) is 24.1 Å². The first kappa shape index (κ1) is 23.1. The third kappa shape index (κ3) is 4.14. The predicted molar refractivity (Wildman–Crippen MR) is 133 cm³/mol. The molecule has 0 radical (unpaired) electrons. The molecule has 0 saturated heterocycles. The quantitative estimate of drug-likeness (QED) is 0.319. The van der Waals surface area contributed by atoms with Gasteiger partial charge in [0.1, 0.15) is 29.5 Å². The van der Waals surface area contributed by atoms with Crippen molar-refractivity contribution in [3.63, 3.8) is 0 Å². The number of ether oxygens (including phenoxy) is 1. The maximum atomic E-state index is 15.6. The van der Waals surface area contributed by atoms with Crippen LogP contribution in [0.25, 0.3) is 22.2 Å². The van der Waals surface area contributed by atoms with Gasteiger partial charge < -0.3 is 14.1 Å². The molecule has 36 heavy (non-hydrogen) atoms. The molecular weight excluding hydrogens is 459 g/mol. The number of hydrogen-bond acceptors (Lipinski definition) is 7. The molecule has 0 aliphatic rings. The highest BCUT2D eigenvalue weighted by Gasteiger charge is 2.24. The molecule has 8 nitrogen and oxygen atoms in total. The minimum atomic E-state index is -0.539. The third-order valence-electron chi connectivity index (χ3n) is 6.09. The SMILES string of the molecule is COc1ccc(Cn2ncnc2CN(C)c2nc3c(C#N)c(C)c(-c4ccccc4)c(F)c3o2)cc1. The lowest BCUT2D eigenvalue weighted by Crippen LogP contribution is -2.20. The fraction of sp³-hybridized carbons (Fsp3) is 0.185. The van der Waals surface area contributed by atoms with Crippen LogP contribution in [-0.2, 0) is 13.1 Å². The summed E-state index contributed by atoms with van der Waals surface area (Å²) in [5.74, 6) is 0.920. The summed E-state index contributed by atoms with van der Waals surface area (Å²) >= 11 is 0. The first-order chi connectivity index (χ1) is 17.5. The van der Waals surface area contributed by atoms with Crippen molar-refractivity contribution >= 4 is 17.1 Å². The lowest BCUT2D eigenvalue weighted by atomic mass is 9.95. The Balaban J connectivity index is 1.46. The van der Waals surface area contributed by atoms with E-state index in [-0.39, 0.29) is 22.7 Å². The number of halogens is 1. The van der Waals surface area contributed by atoms with Crippen LogP contribution in [0.1, 0.15) is 22.5 Å². The second-order valence-electron chi connectivity index (χ2n) is 8.38. The van der Waals surface area contributed by atoms with E-state index in [0.29, 0.717) is 35.6 Å². The molecule has 9 heteroatoms. The largest absolute Gasteiger partial charge is 0.497 e. The number of rotatable bonds is 7. The minimum Gasteiger partial charge on any atom is -0.497 e. The van der Waals surface area contributed by atoms with Gasteiger partial charge in [0.25, 0.3) is 6.01 Å². The maximum Gasteiger partial charge on any atom is 0.298 e. The molecule has 2 heterocycles. The molecule has 0 bridgehead atoms. The van der Waals surface area contributed by atoms with Crippen molar-refractivity contribution in [2.24, 2.45) is 0 Å². The van der Waals surface area contributed by atoms with Crippen LogP contribution < -0.4 is 9.64 Å². The topological polar surface area (TPSA) is 93.0 Å². The average Bonchev–Trinajstić information content (AvgIpc) is 3.53. The van der Waals surface area contributed by atoms with Gasteiger partial charge in [-0.3, -0.25) is 0 Å². The van der Waals surface area contributed by atoms with Crippen LogP contribution in [0.2, 0.25) is 0 Å². The van der Waals surface area contributed by atoms with Crippen LogP contribution in [0.4, 0.5) is 10.4 Å². The van der Waals surface area contributed by atoms with Gasteiger partial charge in [-0.15, -0.1) is 0 Å². The molecule has 2 aromatic heterocycles. The Kier molecular flexibility index (Phi) is 6.09. The molecular formula is C27H23FN6O2. The summed E-state index contributed by atoms with van der Waals surface area (Å²) in [5.41, 5.74) is 3.02. The van der Waals surface area contributed by atoms with E-state index >= 15 is 4.39 Å². The van der Waals surface area contributed by atoms with E-state index in [0.717, 1.165) is 11.3 Å². The van der Waals surface area contributed by atoms with Crippen LogP contribution in [0.5, 0.6) is 5.75 Å². The van der Waals surface area contributed by atoms with Gasteiger partial charge in [-0.2, -0.15) is 15.3 Å². The summed E-state index contributed by atoms with van der Waals surface area (Å²) in [6, 6.07) is 19.2. The Morgan fingerprint density at radius 2 is 1.89 bits per heavy atom. The Morgan fingerprint density at radius 1 is 1.14 bits per heavy atom. The highest BCUT2D eigenvalue weighted by molar-refractivity contribution is 5.90. The van der Waals surface area contributed by atoms with Gasteiger partial charge in [0.15, 0.2) is 11.4 Å². The number of nitrogens with zero attached hydrogens (tertiary/aromatic N) is 6. The number of aromatic nitrogens is 4. The zero-order valence-corrected chi connectivity index (χ0v) is 20.1. The summed E-state index contributed by atoms with van der Waals surface area (Å²) in [4.78, 5) is 10.6. The molecule has 0 aliphatic carbocycles. The highest BCUT2D eigenvalue weighted by Crippen LogP contribution is 2.37. The number of anilines is 1. The van der Waals surface area contributed by atoms with Crippen molar-refractivity contribution in [2.45, 2.75) is 20.0 Å². The van der Waals surface area contributed by atoms with Gasteiger partial charge >= 0.3 is 0 Å². The smallest absolute Gasteiger partial charge is 0.298 e. The van der Waals surface area contributed by atoms with Gasteiger partial charge in [-0.1, -0.05) is 42.5 Å². The van der Waals surface area contributed by atoms with Crippen LogP contribution >= 0.6 is 0 Å². The minimum absolute atomic E-state index is 0.0439. The predicted octanol–water partition coefficient (Wildman–Crippen LogP) is 5.10. The Bertz CT molecular complexity index is 1570. The second-order valence-corrected chi connectivity index (χ2v) is 8.38. The van der Waals surface area contributed by atoms with Crippen molar-refractivity contribution in [2.75, 3.05) is 19.1 Å². The normalized spacial score (nSPS) is 11.0. The van der Waals surface area contributed by atoms with Gasteiger partial charge in [0.2, 0.25) is 0 Å². The van der Waals surface area contributed by atoms with E-state index in [1.807, 2.05) is 42.5 Å². The first-order valence-electron chi connectivity index (χ1n) is 11.3. The fourth-order valence-electron chi connectivity index (χ4n) is 4.18. The third-order valence-corrected chi connectivity index (χ3v) is 6.09. The van der Waals surface area contributed by atoms with Gasteiger partial charge in [-0.05, 0) is 35.7 Å². The zero-order chi connectivity index (χ0) is 25.2. The standard InChI is InChI=1S/C27H23FN6O2/c1-17-21(13-29)25-26(24(28)23(17)19-7-5-4-6-8-19)36-27(32-25)33(2)15-22-30-16-31-34(22)14-18-9-11-20(35-3)12-10-18/h4-12,16H,14-15H2,1-3H3. The van der Waals surface area contributed by atoms with Crippen LogP contribution in [-0.4, -0.2) is 33.9 Å². The van der Waals surface area contributed by atoms with E-state index in [4.69, 9.17) is 9.15 Å². The first-order valence-corrected chi connectivity index (χ1v) is 11.3. The molecule has 5 rings (SSSR count). The van der Waals surface area contributed by atoms with E-state index in [1.165, 1.54) is 6.33 Å². The van der Waals surface area contributed by atoms with E-state index in [1.54, 1.807) is 42.8 Å². The van der Waals surface area contributed by atoms with E-state index in [9.17, 15) is 5.26 Å². The molecule has 0 fully saturated rings. The van der Waals surface area contributed by atoms with Gasteiger partial charge in [-0.25, -0.2) is 14.1 Å². The molecule has 0 amide bonds. The fourth-order valence-corrected chi connectivity index (χ4v) is 4.18. The number of methoxy groups -OCH3 is 1. The number of oxazole rings is 1. The van der Waals surface area contributed by atoms with Crippen molar-refractivity contribution in [3.8, 4) is 22.9 Å². The molecule has 3 aromatic carbocycles. The Labute approximate surface area is 207 Å². The molecule has 0 spiro atoms. The van der Waals surface area contributed by atoms with Crippen molar-refractivity contribution in [1.29, 1.82) is 5.26 Å². The number of benzene rings is 3. The number of nitriles is 1. The zero-order valence-electron chi connectivity index (χ0n) is 20.1. The molecule has 0 unspecified atom stereocenters. The summed E-state index contributed by atoms with van der Waals surface area (Å²) in [6.45, 7) is 2.56. The average molecular weight is 483 g/mol. The number of fused-ring (bicyclic) bond motifs is 1. The molecule has 180 valence electrons. The van der Waals surface area contributed by atoms with Gasteiger partial charge in [0.05, 0.1) is 25.8 Å². The van der Waals surface area contributed by atoms with Crippen molar-refractivity contribution < 1.29 is 13.5 Å². The van der Waals surface area contributed by atoms with Crippen molar-refractivity contribution in [3.05, 3.63) is 89.3 Å². The summed E-state index contributed by atoms with van der Waals surface area (Å²) in [6.07, 6.45) is 1.49. The molecule has 0 aliphatic heterocycles. The molecule has 0 N–H and O–H groups in total. The summed E-state index contributed by atoms with van der Waals surface area (Å²) in [7, 11) is 3.40. The lowest BCUT2D eigenvalue weighted by molar-refractivity contribution is 0.414. The van der Waals surface area contributed by atoms with E-state index in [2.05, 4.69) is 21.1 Å². The summed E-state index contributed by atoms with van der Waals surface area (Å²) < 4.78 is 28.5. The van der Waals surface area contributed by atoms with Crippen LogP contribution in [0.15, 0.2) is 65.3 Å². The lowest BCUT2D eigenvalue weighted by Gasteiger charge is -2.14. The highest BCUT2D eigenvalue weighted by atomic mass is 19.1.